The van der Waals surface area contributed by atoms with Crippen molar-refractivity contribution in [3.8, 4) is 5.75 Å². The van der Waals surface area contributed by atoms with Crippen molar-refractivity contribution in [3.05, 3.63) is 58.4 Å². The highest BCUT2D eigenvalue weighted by atomic mass is 19.1. The van der Waals surface area contributed by atoms with Crippen LogP contribution in [0.5, 0.6) is 5.75 Å². The van der Waals surface area contributed by atoms with Crippen LogP contribution in [0.3, 0.4) is 0 Å². The van der Waals surface area contributed by atoms with Crippen molar-refractivity contribution in [2.45, 2.75) is 6.92 Å². The Morgan fingerprint density at radius 2 is 2.00 bits per heavy atom. The Morgan fingerprint density at radius 3 is 2.68 bits per heavy atom. The Labute approximate surface area is 144 Å². The highest BCUT2D eigenvalue weighted by Crippen LogP contribution is 2.18. The number of piperazine rings is 1. The molecule has 0 spiro atoms. The third-order valence-electron chi connectivity index (χ3n) is 4.15. The maximum absolute atomic E-state index is 13.3. The largest absolute Gasteiger partial charge is 0.476 e. The van der Waals surface area contributed by atoms with Crippen LogP contribution in [0.1, 0.15) is 5.76 Å². The summed E-state index contributed by atoms with van der Waals surface area (Å²) < 4.78 is 23.8. The predicted octanol–water partition coefficient (Wildman–Crippen LogP) is 1.81. The van der Waals surface area contributed by atoms with E-state index in [0.29, 0.717) is 31.9 Å². The van der Waals surface area contributed by atoms with Crippen LogP contribution in [0.15, 0.2) is 45.8 Å². The first-order valence-corrected chi connectivity index (χ1v) is 8.04. The molecule has 132 valence electrons. The number of rotatable bonds is 4. The van der Waals surface area contributed by atoms with Crippen LogP contribution in [0.25, 0.3) is 0 Å². The van der Waals surface area contributed by atoms with E-state index in [-0.39, 0.29) is 29.5 Å². The van der Waals surface area contributed by atoms with Crippen LogP contribution in [0.2, 0.25) is 0 Å². The fraction of sp³-hybridized carbons (Fsp3) is 0.333. The number of anilines is 1. The van der Waals surface area contributed by atoms with Gasteiger partial charge >= 0.3 is 0 Å². The van der Waals surface area contributed by atoms with Crippen molar-refractivity contribution >= 4 is 11.6 Å². The molecule has 3 rings (SSSR count). The molecule has 1 aliphatic heterocycles. The maximum atomic E-state index is 13.3. The number of ether oxygens (including phenoxy) is 1. The van der Waals surface area contributed by atoms with Crippen molar-refractivity contribution < 1.29 is 18.3 Å². The lowest BCUT2D eigenvalue weighted by Gasteiger charge is -2.36. The molecule has 1 aliphatic rings. The van der Waals surface area contributed by atoms with E-state index in [9.17, 15) is 14.0 Å². The summed E-state index contributed by atoms with van der Waals surface area (Å²) in [6, 6.07) is 7.66. The lowest BCUT2D eigenvalue weighted by molar-refractivity contribution is -0.133. The SMILES string of the molecule is Cc1occc(=O)c1OCC(=O)N1CCN(c2cccc(F)c2)CC1. The fourth-order valence-corrected chi connectivity index (χ4v) is 2.79. The van der Waals surface area contributed by atoms with Crippen molar-refractivity contribution in [2.24, 2.45) is 0 Å². The zero-order chi connectivity index (χ0) is 17.8. The molecule has 0 atom stereocenters. The molecule has 1 aromatic carbocycles. The molecule has 25 heavy (non-hydrogen) atoms. The number of amides is 1. The zero-order valence-electron chi connectivity index (χ0n) is 13.9. The van der Waals surface area contributed by atoms with E-state index in [1.165, 1.54) is 24.5 Å². The summed E-state index contributed by atoms with van der Waals surface area (Å²) in [6.45, 7) is 3.65. The third kappa shape index (κ3) is 3.99. The molecule has 0 aliphatic carbocycles. The number of carbonyl (C=O) groups excluding carboxylic acids is 1. The molecule has 0 N–H and O–H groups in total. The second-order valence-corrected chi connectivity index (χ2v) is 5.81. The normalized spacial score (nSPS) is 14.5. The summed E-state index contributed by atoms with van der Waals surface area (Å²) in [6.07, 6.45) is 1.29. The highest BCUT2D eigenvalue weighted by Gasteiger charge is 2.22. The van der Waals surface area contributed by atoms with E-state index in [1.54, 1.807) is 17.9 Å². The van der Waals surface area contributed by atoms with Gasteiger partial charge in [0.05, 0.1) is 6.26 Å². The number of hydrogen-bond acceptors (Lipinski definition) is 5. The van der Waals surface area contributed by atoms with Crippen LogP contribution >= 0.6 is 0 Å². The second kappa shape index (κ2) is 7.38. The van der Waals surface area contributed by atoms with Gasteiger partial charge in [-0.15, -0.1) is 0 Å². The average molecular weight is 346 g/mol. The van der Waals surface area contributed by atoms with E-state index in [2.05, 4.69) is 0 Å². The Kier molecular flexibility index (Phi) is 5.02. The quantitative estimate of drug-likeness (QED) is 0.845. The van der Waals surface area contributed by atoms with E-state index >= 15 is 0 Å². The first kappa shape index (κ1) is 17.0. The van der Waals surface area contributed by atoms with Gasteiger partial charge in [-0.05, 0) is 25.1 Å². The molecule has 0 radical (unpaired) electrons. The Balaban J connectivity index is 1.54. The fourth-order valence-electron chi connectivity index (χ4n) is 2.79. The van der Waals surface area contributed by atoms with Crippen molar-refractivity contribution in [1.29, 1.82) is 0 Å². The zero-order valence-corrected chi connectivity index (χ0v) is 13.9. The van der Waals surface area contributed by atoms with Gasteiger partial charge in [-0.25, -0.2) is 4.39 Å². The molecule has 7 heteroatoms. The Morgan fingerprint density at radius 1 is 1.24 bits per heavy atom. The molecular formula is C18H19FN2O4. The molecule has 1 fully saturated rings. The molecule has 2 heterocycles. The summed E-state index contributed by atoms with van der Waals surface area (Å²) in [7, 11) is 0. The third-order valence-corrected chi connectivity index (χ3v) is 4.15. The number of halogens is 1. The van der Waals surface area contributed by atoms with Gasteiger partial charge in [-0.3, -0.25) is 9.59 Å². The van der Waals surface area contributed by atoms with E-state index in [4.69, 9.17) is 9.15 Å². The van der Waals surface area contributed by atoms with Crippen LogP contribution in [-0.2, 0) is 4.79 Å². The number of carbonyl (C=O) groups is 1. The molecule has 1 aromatic heterocycles. The van der Waals surface area contributed by atoms with Crippen molar-refractivity contribution in [3.63, 3.8) is 0 Å². The predicted molar refractivity (Wildman–Crippen MR) is 90.4 cm³/mol. The summed E-state index contributed by atoms with van der Waals surface area (Å²) in [5, 5.41) is 0. The summed E-state index contributed by atoms with van der Waals surface area (Å²) in [5.74, 6) is -0.0616. The summed E-state index contributed by atoms with van der Waals surface area (Å²) >= 11 is 0. The monoisotopic (exact) mass is 346 g/mol. The van der Waals surface area contributed by atoms with Gasteiger partial charge in [-0.1, -0.05) is 6.07 Å². The van der Waals surface area contributed by atoms with Crippen LogP contribution < -0.4 is 15.1 Å². The molecule has 1 saturated heterocycles. The van der Waals surface area contributed by atoms with Crippen molar-refractivity contribution in [2.75, 3.05) is 37.7 Å². The Hall–Kier alpha value is -2.83. The minimum Gasteiger partial charge on any atom is -0.476 e. The van der Waals surface area contributed by atoms with Gasteiger partial charge in [0, 0.05) is 37.9 Å². The smallest absolute Gasteiger partial charge is 0.260 e. The van der Waals surface area contributed by atoms with Gasteiger partial charge in [0.2, 0.25) is 11.2 Å². The molecule has 0 bridgehead atoms. The van der Waals surface area contributed by atoms with Gasteiger partial charge in [0.15, 0.2) is 6.61 Å². The molecule has 1 amide bonds. The number of nitrogens with zero attached hydrogens (tertiary/aromatic N) is 2. The maximum Gasteiger partial charge on any atom is 0.260 e. The van der Waals surface area contributed by atoms with Gasteiger partial charge in [0.25, 0.3) is 5.91 Å². The topological polar surface area (TPSA) is 63.0 Å². The number of aryl methyl sites for hydroxylation is 1. The lowest BCUT2D eigenvalue weighted by atomic mass is 10.2. The molecular weight excluding hydrogens is 327 g/mol. The minimum absolute atomic E-state index is 0.0641. The first-order chi connectivity index (χ1) is 12.0. The number of benzene rings is 1. The minimum atomic E-state index is -0.313. The van der Waals surface area contributed by atoms with Gasteiger partial charge in [0.1, 0.15) is 11.6 Å². The summed E-state index contributed by atoms with van der Waals surface area (Å²) in [5.41, 5.74) is 0.494. The lowest BCUT2D eigenvalue weighted by Crippen LogP contribution is -2.50. The van der Waals surface area contributed by atoms with Crippen molar-refractivity contribution in [1.82, 2.24) is 4.90 Å². The molecule has 2 aromatic rings. The molecule has 6 nitrogen and oxygen atoms in total. The average Bonchev–Trinajstić information content (AvgIpc) is 2.61. The second-order valence-electron chi connectivity index (χ2n) is 5.81. The van der Waals surface area contributed by atoms with Crippen LogP contribution in [-0.4, -0.2) is 43.6 Å². The summed E-state index contributed by atoms with van der Waals surface area (Å²) in [4.78, 5) is 27.7. The van der Waals surface area contributed by atoms with Crippen LogP contribution in [0.4, 0.5) is 10.1 Å². The van der Waals surface area contributed by atoms with E-state index in [1.807, 2.05) is 11.0 Å². The number of hydrogen-bond donors (Lipinski definition) is 0. The van der Waals surface area contributed by atoms with E-state index < -0.39 is 0 Å². The van der Waals surface area contributed by atoms with E-state index in [0.717, 1.165) is 5.69 Å². The van der Waals surface area contributed by atoms with Crippen LogP contribution in [0, 0.1) is 12.7 Å². The Bertz CT molecular complexity index is 813. The highest BCUT2D eigenvalue weighted by molar-refractivity contribution is 5.78. The van der Waals surface area contributed by atoms with Gasteiger partial charge < -0.3 is 19.0 Å². The standard InChI is InChI=1S/C18H19FN2O4/c1-13-18(16(22)5-10-24-13)25-12-17(23)21-8-6-20(7-9-21)15-4-2-3-14(19)11-15/h2-5,10-11H,6-9,12H2,1H3. The molecule has 0 unspecified atom stereocenters. The van der Waals surface area contributed by atoms with Gasteiger partial charge in [-0.2, -0.15) is 0 Å². The first-order valence-electron chi connectivity index (χ1n) is 8.04. The molecule has 0 saturated carbocycles.